The Morgan fingerprint density at radius 3 is 2.42 bits per heavy atom. The van der Waals surface area contributed by atoms with E-state index >= 15 is 0 Å². The summed E-state index contributed by atoms with van der Waals surface area (Å²) in [7, 11) is 0. The van der Waals surface area contributed by atoms with Gasteiger partial charge in [-0.1, -0.05) is 19.8 Å². The number of esters is 2. The smallest absolute Gasteiger partial charge is 0.383 e. The van der Waals surface area contributed by atoms with Crippen LogP contribution in [0.4, 0.5) is 0 Å². The second kappa shape index (κ2) is 3.47. The summed E-state index contributed by atoms with van der Waals surface area (Å²) in [4.78, 5) is 32.3. The van der Waals surface area contributed by atoms with Crippen LogP contribution in [0.15, 0.2) is 0 Å². The molecule has 1 fully saturated rings. The van der Waals surface area contributed by atoms with Gasteiger partial charge in [-0.3, -0.25) is 9.59 Å². The fourth-order valence-corrected chi connectivity index (χ4v) is 1.12. The van der Waals surface area contributed by atoms with Gasteiger partial charge in [0.2, 0.25) is 0 Å². The number of carbonyl (C=O) groups excluding carboxylic acids is 3. The normalized spacial score (nSPS) is 23.1. The molecular formula is C8H10O4. The second-order valence-corrected chi connectivity index (χ2v) is 2.77. The fourth-order valence-electron chi connectivity index (χ4n) is 1.12. The maximum Gasteiger partial charge on any atom is 0.383 e. The van der Waals surface area contributed by atoms with Gasteiger partial charge in [-0.25, -0.2) is 4.79 Å². The standard InChI is InChI=1S/C8H10O4/c1-2-3-4-5-6(9)8(11)12-7(5)10/h5H,2-4H2,1H3. The Balaban J connectivity index is 2.58. The number of cyclic esters (lactones) is 2. The van der Waals surface area contributed by atoms with Gasteiger partial charge in [-0.2, -0.15) is 0 Å². The van der Waals surface area contributed by atoms with Crippen molar-refractivity contribution in [3.8, 4) is 0 Å². The van der Waals surface area contributed by atoms with Gasteiger partial charge in [0.1, 0.15) is 5.92 Å². The fraction of sp³-hybridized carbons (Fsp3) is 0.625. The molecule has 4 nitrogen and oxygen atoms in total. The Morgan fingerprint density at radius 2 is 2.00 bits per heavy atom. The number of hydrogen-bond acceptors (Lipinski definition) is 4. The van der Waals surface area contributed by atoms with E-state index in [1.807, 2.05) is 6.92 Å². The van der Waals surface area contributed by atoms with Crippen molar-refractivity contribution in [2.75, 3.05) is 0 Å². The lowest BCUT2D eigenvalue weighted by atomic mass is 10.00. The SMILES string of the molecule is CCCCC1C(=O)OC(=O)C1=O. The summed E-state index contributed by atoms with van der Waals surface area (Å²) in [6.07, 6.45) is 2.09. The molecule has 0 spiro atoms. The zero-order valence-corrected chi connectivity index (χ0v) is 6.83. The van der Waals surface area contributed by atoms with Crippen LogP contribution in [0, 0.1) is 5.92 Å². The summed E-state index contributed by atoms with van der Waals surface area (Å²) >= 11 is 0. The number of hydrogen-bond donors (Lipinski definition) is 0. The summed E-state index contributed by atoms with van der Waals surface area (Å²) in [5.74, 6) is -3.19. The third-order valence-corrected chi connectivity index (χ3v) is 1.84. The Labute approximate surface area is 69.9 Å². The van der Waals surface area contributed by atoms with E-state index in [0.717, 1.165) is 12.8 Å². The Bertz CT molecular complexity index is 231. The highest BCUT2D eigenvalue weighted by atomic mass is 16.6. The molecule has 66 valence electrons. The first-order valence-corrected chi connectivity index (χ1v) is 3.96. The third kappa shape index (κ3) is 1.52. The lowest BCUT2D eigenvalue weighted by Crippen LogP contribution is -2.16. The quantitative estimate of drug-likeness (QED) is 0.350. The van der Waals surface area contributed by atoms with Gasteiger partial charge in [0.05, 0.1) is 0 Å². The average Bonchev–Trinajstić information content (AvgIpc) is 2.25. The van der Waals surface area contributed by atoms with Crippen molar-refractivity contribution >= 4 is 17.7 Å². The van der Waals surface area contributed by atoms with E-state index in [9.17, 15) is 14.4 Å². The van der Waals surface area contributed by atoms with Crippen molar-refractivity contribution in [3.63, 3.8) is 0 Å². The van der Waals surface area contributed by atoms with Crippen LogP contribution in [0.25, 0.3) is 0 Å². The number of unbranched alkanes of at least 4 members (excludes halogenated alkanes) is 1. The van der Waals surface area contributed by atoms with E-state index in [1.54, 1.807) is 0 Å². The molecule has 1 heterocycles. The Morgan fingerprint density at radius 1 is 1.33 bits per heavy atom. The van der Waals surface area contributed by atoms with Gasteiger partial charge < -0.3 is 4.74 Å². The molecule has 0 N–H and O–H groups in total. The third-order valence-electron chi connectivity index (χ3n) is 1.84. The van der Waals surface area contributed by atoms with Crippen LogP contribution < -0.4 is 0 Å². The summed E-state index contributed by atoms with van der Waals surface area (Å²) in [5.41, 5.74) is 0. The first kappa shape index (κ1) is 8.90. The van der Waals surface area contributed by atoms with Gasteiger partial charge >= 0.3 is 11.9 Å². The van der Waals surface area contributed by atoms with Crippen LogP contribution >= 0.6 is 0 Å². The number of ketones is 1. The molecule has 1 unspecified atom stereocenters. The number of carbonyl (C=O) groups is 3. The topological polar surface area (TPSA) is 60.4 Å². The van der Waals surface area contributed by atoms with Crippen LogP contribution in [0.5, 0.6) is 0 Å². The molecule has 0 radical (unpaired) electrons. The zero-order valence-electron chi connectivity index (χ0n) is 6.83. The largest absolute Gasteiger partial charge is 0.387 e. The predicted molar refractivity (Wildman–Crippen MR) is 39.1 cm³/mol. The number of Topliss-reactive ketones (excluding diaryl/α,β-unsaturated/α-hetero) is 1. The van der Waals surface area contributed by atoms with Crippen LogP contribution in [0.2, 0.25) is 0 Å². The molecule has 0 aromatic heterocycles. The van der Waals surface area contributed by atoms with Crippen LogP contribution in [-0.4, -0.2) is 17.7 Å². The van der Waals surface area contributed by atoms with Gasteiger partial charge in [0.25, 0.3) is 5.78 Å². The maximum atomic E-state index is 10.9. The minimum absolute atomic E-state index is 0.430. The van der Waals surface area contributed by atoms with E-state index in [1.165, 1.54) is 0 Å². The molecule has 1 aliphatic rings. The average molecular weight is 170 g/mol. The van der Waals surface area contributed by atoms with Crippen molar-refractivity contribution in [1.82, 2.24) is 0 Å². The maximum absolute atomic E-state index is 10.9. The molecule has 0 saturated carbocycles. The van der Waals surface area contributed by atoms with E-state index in [4.69, 9.17) is 0 Å². The van der Waals surface area contributed by atoms with Crippen LogP contribution in [-0.2, 0) is 19.1 Å². The molecule has 12 heavy (non-hydrogen) atoms. The molecular weight excluding hydrogens is 160 g/mol. The highest BCUT2D eigenvalue weighted by molar-refractivity contribution is 6.43. The highest BCUT2D eigenvalue weighted by Gasteiger charge is 2.42. The predicted octanol–water partition coefficient (Wildman–Crippen LogP) is 0.445. The van der Waals surface area contributed by atoms with Crippen molar-refractivity contribution in [1.29, 1.82) is 0 Å². The molecule has 1 aliphatic heterocycles. The lowest BCUT2D eigenvalue weighted by Gasteiger charge is -1.99. The van der Waals surface area contributed by atoms with Crippen molar-refractivity contribution in [2.45, 2.75) is 26.2 Å². The van der Waals surface area contributed by atoms with Crippen molar-refractivity contribution in [2.24, 2.45) is 5.92 Å². The van der Waals surface area contributed by atoms with Crippen LogP contribution in [0.1, 0.15) is 26.2 Å². The van der Waals surface area contributed by atoms with E-state index in [-0.39, 0.29) is 0 Å². The molecule has 0 aromatic carbocycles. The second-order valence-electron chi connectivity index (χ2n) is 2.77. The Hall–Kier alpha value is -1.19. The first-order valence-electron chi connectivity index (χ1n) is 3.96. The van der Waals surface area contributed by atoms with E-state index in [0.29, 0.717) is 6.42 Å². The minimum Gasteiger partial charge on any atom is -0.387 e. The minimum atomic E-state index is -0.999. The highest BCUT2D eigenvalue weighted by Crippen LogP contribution is 2.18. The van der Waals surface area contributed by atoms with Crippen molar-refractivity contribution in [3.05, 3.63) is 0 Å². The summed E-state index contributed by atoms with van der Waals surface area (Å²) in [6.45, 7) is 1.95. The van der Waals surface area contributed by atoms with Gasteiger partial charge in [0, 0.05) is 0 Å². The van der Waals surface area contributed by atoms with Crippen LogP contribution in [0.3, 0.4) is 0 Å². The van der Waals surface area contributed by atoms with Gasteiger partial charge in [0.15, 0.2) is 0 Å². The van der Waals surface area contributed by atoms with Gasteiger partial charge in [-0.15, -0.1) is 0 Å². The molecule has 1 rings (SSSR count). The van der Waals surface area contributed by atoms with E-state index < -0.39 is 23.6 Å². The molecule has 0 bridgehead atoms. The monoisotopic (exact) mass is 170 g/mol. The van der Waals surface area contributed by atoms with Crippen molar-refractivity contribution < 1.29 is 19.1 Å². The molecule has 4 heteroatoms. The molecule has 0 aromatic rings. The summed E-state index contributed by atoms with van der Waals surface area (Å²) in [6, 6.07) is 0. The zero-order chi connectivity index (χ0) is 9.14. The summed E-state index contributed by atoms with van der Waals surface area (Å²) in [5, 5.41) is 0. The van der Waals surface area contributed by atoms with E-state index in [2.05, 4.69) is 4.74 Å². The molecule has 1 atom stereocenters. The molecule has 0 aliphatic carbocycles. The number of rotatable bonds is 3. The molecule has 0 amide bonds. The van der Waals surface area contributed by atoms with Gasteiger partial charge in [-0.05, 0) is 6.42 Å². The Kier molecular flexibility index (Phi) is 2.58. The molecule has 1 saturated heterocycles. The lowest BCUT2D eigenvalue weighted by molar-refractivity contribution is -0.155. The number of ether oxygens (including phenoxy) is 1. The summed E-state index contributed by atoms with van der Waals surface area (Å²) < 4.78 is 4.16. The first-order chi connectivity index (χ1) is 5.66.